The lowest BCUT2D eigenvalue weighted by atomic mass is 10.2. The Morgan fingerprint density at radius 3 is 2.76 bits per heavy atom. The molecule has 0 atom stereocenters. The molecule has 0 aliphatic heterocycles. The van der Waals surface area contributed by atoms with Crippen LogP contribution in [0.3, 0.4) is 0 Å². The van der Waals surface area contributed by atoms with Crippen LogP contribution in [0.2, 0.25) is 5.02 Å². The molecule has 2 aromatic rings. The Kier molecular flexibility index (Phi) is 5.46. The minimum Gasteiger partial charge on any atom is -0.497 e. The molecule has 2 N–H and O–H groups in total. The predicted octanol–water partition coefficient (Wildman–Crippen LogP) is 3.08. The van der Waals surface area contributed by atoms with E-state index in [0.717, 1.165) is 17.0 Å². The first-order chi connectivity index (χ1) is 10.2. The number of benzene rings is 2. The summed E-state index contributed by atoms with van der Waals surface area (Å²) in [4.78, 5) is 11.8. The molecule has 0 radical (unpaired) electrons. The number of rotatable bonds is 6. The van der Waals surface area contributed by atoms with E-state index in [1.165, 1.54) is 0 Å². The van der Waals surface area contributed by atoms with Crippen molar-refractivity contribution in [3.05, 3.63) is 59.1 Å². The molecule has 21 heavy (non-hydrogen) atoms. The van der Waals surface area contributed by atoms with Crippen LogP contribution in [0.4, 0.5) is 5.69 Å². The van der Waals surface area contributed by atoms with Crippen molar-refractivity contribution in [3.63, 3.8) is 0 Å². The Balaban J connectivity index is 1.79. The Morgan fingerprint density at radius 1 is 1.19 bits per heavy atom. The van der Waals surface area contributed by atoms with Crippen LogP contribution in [0.15, 0.2) is 48.5 Å². The van der Waals surface area contributed by atoms with E-state index in [-0.39, 0.29) is 12.5 Å². The molecule has 0 heterocycles. The van der Waals surface area contributed by atoms with Gasteiger partial charge in [0.25, 0.3) is 0 Å². The van der Waals surface area contributed by atoms with Gasteiger partial charge < -0.3 is 15.4 Å². The van der Waals surface area contributed by atoms with Crippen LogP contribution in [0, 0.1) is 0 Å². The van der Waals surface area contributed by atoms with Gasteiger partial charge >= 0.3 is 0 Å². The first-order valence-corrected chi connectivity index (χ1v) is 6.94. The summed E-state index contributed by atoms with van der Waals surface area (Å²) < 4.78 is 5.14. The summed E-state index contributed by atoms with van der Waals surface area (Å²) in [7, 11) is 1.62. The van der Waals surface area contributed by atoms with Crippen molar-refractivity contribution >= 4 is 23.2 Å². The number of methoxy groups -OCH3 is 1. The zero-order valence-corrected chi connectivity index (χ0v) is 12.5. The minimum atomic E-state index is -0.0854. The van der Waals surface area contributed by atoms with Gasteiger partial charge in [-0.3, -0.25) is 4.79 Å². The zero-order valence-electron chi connectivity index (χ0n) is 11.7. The van der Waals surface area contributed by atoms with E-state index in [4.69, 9.17) is 16.3 Å². The molecule has 0 saturated heterocycles. The number of nitrogens with one attached hydrogen (secondary N) is 2. The van der Waals surface area contributed by atoms with Gasteiger partial charge in [0.1, 0.15) is 5.75 Å². The fourth-order valence-electron chi connectivity index (χ4n) is 1.83. The molecule has 0 spiro atoms. The number of hydrogen-bond acceptors (Lipinski definition) is 3. The normalized spacial score (nSPS) is 10.0. The number of hydrogen-bond donors (Lipinski definition) is 2. The minimum absolute atomic E-state index is 0.0854. The molecule has 1 amide bonds. The maximum Gasteiger partial charge on any atom is 0.239 e. The Morgan fingerprint density at radius 2 is 2.00 bits per heavy atom. The van der Waals surface area contributed by atoms with E-state index in [1.54, 1.807) is 19.2 Å². The first kappa shape index (κ1) is 15.2. The maximum absolute atomic E-state index is 11.8. The van der Waals surface area contributed by atoms with Gasteiger partial charge in [-0.25, -0.2) is 0 Å². The fraction of sp³-hybridized carbons (Fsp3) is 0.188. The van der Waals surface area contributed by atoms with Gasteiger partial charge in [0.15, 0.2) is 0 Å². The Bertz CT molecular complexity index is 617. The molecule has 0 aromatic heterocycles. The monoisotopic (exact) mass is 304 g/mol. The quantitative estimate of drug-likeness (QED) is 0.862. The summed E-state index contributed by atoms with van der Waals surface area (Å²) in [6.45, 7) is 0.664. The fourth-order valence-corrected chi connectivity index (χ4v) is 2.02. The number of carbonyl (C=O) groups is 1. The van der Waals surface area contributed by atoms with Crippen LogP contribution in [-0.2, 0) is 11.3 Å². The van der Waals surface area contributed by atoms with Crippen LogP contribution in [-0.4, -0.2) is 19.6 Å². The summed E-state index contributed by atoms with van der Waals surface area (Å²) in [5.41, 5.74) is 1.81. The molecular formula is C16H17ClN2O2. The summed E-state index contributed by atoms with van der Waals surface area (Å²) in [5.74, 6) is 0.691. The molecule has 0 aliphatic carbocycles. The van der Waals surface area contributed by atoms with Crippen LogP contribution in [0.5, 0.6) is 5.75 Å². The largest absolute Gasteiger partial charge is 0.497 e. The van der Waals surface area contributed by atoms with Gasteiger partial charge in [-0.2, -0.15) is 0 Å². The zero-order chi connectivity index (χ0) is 15.1. The lowest BCUT2D eigenvalue weighted by molar-refractivity contribution is -0.119. The summed E-state index contributed by atoms with van der Waals surface area (Å²) in [5, 5.41) is 6.50. The van der Waals surface area contributed by atoms with Gasteiger partial charge in [0.2, 0.25) is 5.91 Å². The molecule has 0 saturated carbocycles. The van der Waals surface area contributed by atoms with Crippen molar-refractivity contribution in [2.75, 3.05) is 19.0 Å². The third kappa shape index (κ3) is 5.00. The van der Waals surface area contributed by atoms with E-state index in [2.05, 4.69) is 10.6 Å². The highest BCUT2D eigenvalue weighted by atomic mass is 35.5. The number of ether oxygens (including phenoxy) is 1. The number of anilines is 1. The molecule has 2 aromatic carbocycles. The van der Waals surface area contributed by atoms with Crippen molar-refractivity contribution in [2.45, 2.75) is 6.54 Å². The summed E-state index contributed by atoms with van der Waals surface area (Å²) in [6.07, 6.45) is 0. The molecule has 5 heteroatoms. The second kappa shape index (κ2) is 7.55. The SMILES string of the molecule is COc1cccc(CNC(=O)CNc2cccc(Cl)c2)c1. The van der Waals surface area contributed by atoms with Gasteiger partial charge in [0, 0.05) is 17.3 Å². The number of carbonyl (C=O) groups excluding carboxylic acids is 1. The van der Waals surface area contributed by atoms with Gasteiger partial charge in [-0.15, -0.1) is 0 Å². The Hall–Kier alpha value is -2.20. The van der Waals surface area contributed by atoms with E-state index in [0.29, 0.717) is 11.6 Å². The summed E-state index contributed by atoms with van der Waals surface area (Å²) >= 11 is 5.88. The van der Waals surface area contributed by atoms with Crippen molar-refractivity contribution in [3.8, 4) is 5.75 Å². The third-order valence-electron chi connectivity index (χ3n) is 2.90. The maximum atomic E-state index is 11.8. The van der Waals surface area contributed by atoms with Crippen molar-refractivity contribution < 1.29 is 9.53 Å². The van der Waals surface area contributed by atoms with Gasteiger partial charge in [-0.05, 0) is 35.9 Å². The predicted molar refractivity (Wildman–Crippen MR) is 84.8 cm³/mol. The standard InChI is InChI=1S/C16H17ClN2O2/c1-21-15-7-2-4-12(8-15)10-19-16(20)11-18-14-6-3-5-13(17)9-14/h2-9,18H,10-11H2,1H3,(H,19,20). The van der Waals surface area contributed by atoms with E-state index in [1.807, 2.05) is 36.4 Å². The first-order valence-electron chi connectivity index (χ1n) is 6.56. The molecule has 4 nitrogen and oxygen atoms in total. The van der Waals surface area contributed by atoms with E-state index in [9.17, 15) is 4.79 Å². The number of amides is 1. The van der Waals surface area contributed by atoms with Crippen molar-refractivity contribution in [2.24, 2.45) is 0 Å². The van der Waals surface area contributed by atoms with Crippen molar-refractivity contribution in [1.29, 1.82) is 0 Å². The van der Waals surface area contributed by atoms with Gasteiger partial charge in [-0.1, -0.05) is 29.8 Å². The lowest BCUT2D eigenvalue weighted by Gasteiger charge is -2.09. The smallest absolute Gasteiger partial charge is 0.239 e. The van der Waals surface area contributed by atoms with Crippen LogP contribution in [0.1, 0.15) is 5.56 Å². The Labute approximate surface area is 129 Å². The molecule has 0 fully saturated rings. The van der Waals surface area contributed by atoms with Gasteiger partial charge in [0.05, 0.1) is 13.7 Å². The third-order valence-corrected chi connectivity index (χ3v) is 3.14. The molecule has 0 unspecified atom stereocenters. The van der Waals surface area contributed by atoms with Crippen molar-refractivity contribution in [1.82, 2.24) is 5.32 Å². The molecule has 0 aliphatic rings. The second-order valence-corrected chi connectivity index (χ2v) is 4.93. The topological polar surface area (TPSA) is 50.4 Å². The lowest BCUT2D eigenvalue weighted by Crippen LogP contribution is -2.29. The highest BCUT2D eigenvalue weighted by Crippen LogP contribution is 2.14. The molecule has 0 bridgehead atoms. The summed E-state index contributed by atoms with van der Waals surface area (Å²) in [6, 6.07) is 14.8. The highest BCUT2D eigenvalue weighted by molar-refractivity contribution is 6.30. The molecule has 2 rings (SSSR count). The molecule has 110 valence electrons. The van der Waals surface area contributed by atoms with E-state index >= 15 is 0 Å². The highest BCUT2D eigenvalue weighted by Gasteiger charge is 2.02. The second-order valence-electron chi connectivity index (χ2n) is 4.49. The molecular weight excluding hydrogens is 288 g/mol. The average Bonchev–Trinajstić information content (AvgIpc) is 2.51. The van der Waals surface area contributed by atoms with Crippen LogP contribution < -0.4 is 15.4 Å². The van der Waals surface area contributed by atoms with E-state index < -0.39 is 0 Å². The average molecular weight is 305 g/mol. The van der Waals surface area contributed by atoms with Crippen LogP contribution >= 0.6 is 11.6 Å². The van der Waals surface area contributed by atoms with Crippen LogP contribution in [0.25, 0.3) is 0 Å². The number of halogens is 1.